The Balaban J connectivity index is 2.10. The number of esters is 1. The predicted octanol–water partition coefficient (Wildman–Crippen LogP) is 3.75. The van der Waals surface area contributed by atoms with Crippen LogP contribution >= 0.6 is 22.6 Å². The van der Waals surface area contributed by atoms with E-state index in [1.807, 2.05) is 4.90 Å². The molecule has 1 aromatic rings. The van der Waals surface area contributed by atoms with E-state index in [1.165, 1.54) is 6.20 Å². The molecule has 0 aliphatic carbocycles. The van der Waals surface area contributed by atoms with Crippen molar-refractivity contribution in [3.8, 4) is 0 Å². The number of nitrogens with zero attached hydrogens (tertiary/aromatic N) is 3. The SMILES string of the molecule is CCCC(F)(F)c1nc(N2CCC(C(=O)OCC)CC2)cnc1I. The lowest BCUT2D eigenvalue weighted by atomic mass is 9.97. The molecule has 1 aliphatic rings. The molecule has 8 heteroatoms. The molecule has 0 unspecified atom stereocenters. The van der Waals surface area contributed by atoms with Gasteiger partial charge in [0.1, 0.15) is 15.2 Å². The van der Waals surface area contributed by atoms with Gasteiger partial charge in [-0.1, -0.05) is 13.3 Å². The van der Waals surface area contributed by atoms with Gasteiger partial charge in [-0.3, -0.25) is 4.79 Å². The van der Waals surface area contributed by atoms with Crippen molar-refractivity contribution in [1.29, 1.82) is 0 Å². The van der Waals surface area contributed by atoms with Crippen LogP contribution in [0.25, 0.3) is 0 Å². The van der Waals surface area contributed by atoms with Crippen LogP contribution in [0.1, 0.15) is 45.2 Å². The van der Waals surface area contributed by atoms with E-state index in [9.17, 15) is 13.6 Å². The largest absolute Gasteiger partial charge is 0.466 e. The summed E-state index contributed by atoms with van der Waals surface area (Å²) in [5.74, 6) is -2.83. The summed E-state index contributed by atoms with van der Waals surface area (Å²) < 4.78 is 33.7. The molecule has 1 aliphatic heterocycles. The minimum Gasteiger partial charge on any atom is -0.466 e. The van der Waals surface area contributed by atoms with Crippen LogP contribution in [0.2, 0.25) is 0 Å². The molecule has 2 heterocycles. The Bertz CT molecular complexity index is 578. The normalized spacial score (nSPS) is 16.3. The van der Waals surface area contributed by atoms with Gasteiger partial charge in [-0.05, 0) is 42.4 Å². The molecule has 0 atom stereocenters. The minimum atomic E-state index is -2.97. The lowest BCUT2D eigenvalue weighted by Crippen LogP contribution is -2.38. The van der Waals surface area contributed by atoms with Crippen molar-refractivity contribution in [2.24, 2.45) is 5.92 Å². The molecule has 0 radical (unpaired) electrons. The molecule has 1 aromatic heterocycles. The van der Waals surface area contributed by atoms with Crippen LogP contribution in [0.4, 0.5) is 14.6 Å². The highest BCUT2D eigenvalue weighted by Crippen LogP contribution is 2.35. The summed E-state index contributed by atoms with van der Waals surface area (Å²) in [6, 6.07) is 0. The van der Waals surface area contributed by atoms with Crippen molar-refractivity contribution in [3.05, 3.63) is 15.6 Å². The first-order valence-electron chi connectivity index (χ1n) is 8.21. The second-order valence-corrected chi connectivity index (χ2v) is 6.86. The highest BCUT2D eigenvalue weighted by Gasteiger charge is 2.36. The number of halogens is 3. The third-order valence-corrected chi connectivity index (χ3v) is 4.85. The van der Waals surface area contributed by atoms with Crippen molar-refractivity contribution < 1.29 is 18.3 Å². The van der Waals surface area contributed by atoms with Crippen LogP contribution in [0.5, 0.6) is 0 Å². The second-order valence-electron chi connectivity index (χ2n) is 5.84. The fourth-order valence-electron chi connectivity index (χ4n) is 2.79. The second kappa shape index (κ2) is 8.35. The number of alkyl halides is 2. The Morgan fingerprint density at radius 1 is 1.42 bits per heavy atom. The molecule has 0 bridgehead atoms. The maximum atomic E-state index is 14.2. The molecule has 0 saturated carbocycles. The Morgan fingerprint density at radius 3 is 2.67 bits per heavy atom. The van der Waals surface area contributed by atoms with Crippen LogP contribution in [-0.4, -0.2) is 35.6 Å². The molecular weight excluding hydrogens is 431 g/mol. The van der Waals surface area contributed by atoms with E-state index in [0.717, 1.165) is 0 Å². The Kier molecular flexibility index (Phi) is 6.70. The first-order valence-corrected chi connectivity index (χ1v) is 9.29. The number of ether oxygens (including phenoxy) is 1. The summed E-state index contributed by atoms with van der Waals surface area (Å²) in [6.45, 7) is 5.04. The predicted molar refractivity (Wildman–Crippen MR) is 95.1 cm³/mol. The van der Waals surface area contributed by atoms with Gasteiger partial charge in [-0.2, -0.15) is 8.78 Å². The molecule has 24 heavy (non-hydrogen) atoms. The molecule has 0 N–H and O–H groups in total. The fraction of sp³-hybridized carbons (Fsp3) is 0.688. The number of hydrogen-bond acceptors (Lipinski definition) is 5. The quantitative estimate of drug-likeness (QED) is 0.485. The topological polar surface area (TPSA) is 55.3 Å². The summed E-state index contributed by atoms with van der Waals surface area (Å²) in [7, 11) is 0. The van der Waals surface area contributed by atoms with Gasteiger partial charge in [0, 0.05) is 19.5 Å². The Morgan fingerprint density at radius 2 is 2.08 bits per heavy atom. The van der Waals surface area contributed by atoms with E-state index in [0.29, 0.717) is 44.8 Å². The zero-order valence-electron chi connectivity index (χ0n) is 13.9. The van der Waals surface area contributed by atoms with Gasteiger partial charge in [-0.15, -0.1) is 0 Å². The van der Waals surface area contributed by atoms with Crippen LogP contribution in [0.3, 0.4) is 0 Å². The molecule has 0 amide bonds. The summed E-state index contributed by atoms with van der Waals surface area (Å²) >= 11 is 1.80. The van der Waals surface area contributed by atoms with E-state index in [2.05, 4.69) is 9.97 Å². The van der Waals surface area contributed by atoms with Crippen LogP contribution in [-0.2, 0) is 15.5 Å². The van der Waals surface area contributed by atoms with Crippen molar-refractivity contribution >= 4 is 34.4 Å². The molecule has 2 rings (SSSR count). The number of aromatic nitrogens is 2. The van der Waals surface area contributed by atoms with E-state index in [-0.39, 0.29) is 27.7 Å². The molecule has 1 fully saturated rings. The summed E-state index contributed by atoms with van der Waals surface area (Å²) in [5.41, 5.74) is -0.255. The minimum absolute atomic E-state index is 0.126. The third kappa shape index (κ3) is 4.52. The lowest BCUT2D eigenvalue weighted by molar-refractivity contribution is -0.148. The summed E-state index contributed by atoms with van der Waals surface area (Å²) in [4.78, 5) is 22.0. The zero-order chi connectivity index (χ0) is 17.7. The standard InChI is InChI=1S/C16H22F2IN3O2/c1-3-7-16(17,18)13-14(19)20-10-12(21-13)22-8-5-11(6-9-22)15(23)24-4-2/h10-11H,3-9H2,1-2H3. The van der Waals surface area contributed by atoms with E-state index >= 15 is 0 Å². The molecular formula is C16H22F2IN3O2. The van der Waals surface area contributed by atoms with E-state index in [4.69, 9.17) is 4.74 Å². The third-order valence-electron chi connectivity index (χ3n) is 4.06. The summed E-state index contributed by atoms with van der Waals surface area (Å²) in [6.07, 6.45) is 2.92. The molecule has 5 nitrogen and oxygen atoms in total. The van der Waals surface area contributed by atoms with Crippen molar-refractivity contribution in [2.75, 3.05) is 24.6 Å². The van der Waals surface area contributed by atoms with E-state index < -0.39 is 5.92 Å². The van der Waals surface area contributed by atoms with Gasteiger partial charge in [-0.25, -0.2) is 9.97 Å². The summed E-state index contributed by atoms with van der Waals surface area (Å²) in [5, 5.41) is 0. The first kappa shape index (κ1) is 19.3. The van der Waals surface area contributed by atoms with Crippen LogP contribution in [0.15, 0.2) is 6.20 Å². The van der Waals surface area contributed by atoms with Gasteiger partial charge in [0.15, 0.2) is 0 Å². The fourth-order valence-corrected chi connectivity index (χ4v) is 3.44. The number of piperidine rings is 1. The van der Waals surface area contributed by atoms with Gasteiger partial charge >= 0.3 is 5.97 Å². The zero-order valence-corrected chi connectivity index (χ0v) is 16.1. The average Bonchev–Trinajstić information content (AvgIpc) is 2.55. The van der Waals surface area contributed by atoms with Crippen molar-refractivity contribution in [2.45, 2.75) is 45.5 Å². The van der Waals surface area contributed by atoms with Gasteiger partial charge < -0.3 is 9.64 Å². The lowest BCUT2D eigenvalue weighted by Gasteiger charge is -2.32. The molecule has 0 spiro atoms. The average molecular weight is 453 g/mol. The highest BCUT2D eigenvalue weighted by atomic mass is 127. The first-order chi connectivity index (χ1) is 11.4. The number of carbonyl (C=O) groups excluding carboxylic acids is 1. The van der Waals surface area contributed by atoms with Crippen LogP contribution in [0, 0.1) is 9.62 Å². The monoisotopic (exact) mass is 453 g/mol. The maximum absolute atomic E-state index is 14.2. The smallest absolute Gasteiger partial charge is 0.309 e. The number of anilines is 1. The van der Waals surface area contributed by atoms with Gasteiger partial charge in [0.25, 0.3) is 5.92 Å². The number of hydrogen-bond donors (Lipinski definition) is 0. The molecule has 134 valence electrons. The van der Waals surface area contributed by atoms with Crippen molar-refractivity contribution in [3.63, 3.8) is 0 Å². The highest BCUT2D eigenvalue weighted by molar-refractivity contribution is 14.1. The Hall–Kier alpha value is -1.06. The van der Waals surface area contributed by atoms with Crippen LogP contribution < -0.4 is 4.90 Å². The van der Waals surface area contributed by atoms with Gasteiger partial charge in [0.2, 0.25) is 0 Å². The molecule has 1 saturated heterocycles. The van der Waals surface area contributed by atoms with Gasteiger partial charge in [0.05, 0.1) is 18.7 Å². The van der Waals surface area contributed by atoms with E-state index in [1.54, 1.807) is 36.4 Å². The maximum Gasteiger partial charge on any atom is 0.309 e. The van der Waals surface area contributed by atoms with Crippen molar-refractivity contribution in [1.82, 2.24) is 9.97 Å². The number of rotatable bonds is 6. The molecule has 0 aromatic carbocycles. The Labute approximate surface area is 154 Å². The number of carbonyl (C=O) groups is 1.